The van der Waals surface area contributed by atoms with Crippen LogP contribution in [-0.2, 0) is 4.74 Å². The third-order valence-electron chi connectivity index (χ3n) is 2.50. The van der Waals surface area contributed by atoms with E-state index in [-0.39, 0.29) is 29.1 Å². The zero-order valence-corrected chi connectivity index (χ0v) is 11.8. The van der Waals surface area contributed by atoms with Gasteiger partial charge in [0, 0.05) is 13.2 Å². The van der Waals surface area contributed by atoms with Gasteiger partial charge >= 0.3 is 17.9 Å². The molecule has 3 N–H and O–H groups in total. The van der Waals surface area contributed by atoms with Crippen molar-refractivity contribution in [1.82, 2.24) is 0 Å². The van der Waals surface area contributed by atoms with Crippen molar-refractivity contribution in [3.63, 3.8) is 0 Å². The Morgan fingerprint density at radius 3 is 1.19 bits per heavy atom. The van der Waals surface area contributed by atoms with E-state index < -0.39 is 17.9 Å². The van der Waals surface area contributed by atoms with Crippen LogP contribution in [-0.4, -0.2) is 46.4 Å². The first-order valence-electron chi connectivity index (χ1n) is 5.84. The second-order valence-electron chi connectivity index (χ2n) is 4.03. The van der Waals surface area contributed by atoms with Crippen molar-refractivity contribution >= 4 is 30.3 Å². The van der Waals surface area contributed by atoms with Crippen LogP contribution in [0.4, 0.5) is 0 Å². The van der Waals surface area contributed by atoms with Gasteiger partial charge in [-0.3, -0.25) is 0 Å². The molecule has 0 atom stereocenters. The summed E-state index contributed by atoms with van der Waals surface area (Å²) in [7, 11) is 0. The number of hydrogen-bond donors (Lipinski definition) is 3. The summed E-state index contributed by atoms with van der Waals surface area (Å²) >= 11 is 0. The van der Waals surface area contributed by atoms with Crippen molar-refractivity contribution in [1.29, 1.82) is 0 Å². The molecular weight excluding hydrogens is 304 g/mol. The average molecular weight is 319 g/mol. The number of rotatable bonds is 3. The smallest absolute Gasteiger partial charge is 0.335 e. The van der Waals surface area contributed by atoms with Gasteiger partial charge in [-0.25, -0.2) is 14.4 Å². The summed E-state index contributed by atoms with van der Waals surface area (Å²) in [5.74, 6) is -4.12. The lowest BCUT2D eigenvalue weighted by Gasteiger charge is -2.00. The summed E-state index contributed by atoms with van der Waals surface area (Å²) in [4.78, 5) is 31.7. The van der Waals surface area contributed by atoms with Gasteiger partial charge in [0.1, 0.15) is 0 Å². The molecule has 0 aromatic heterocycles. The van der Waals surface area contributed by atoms with Crippen molar-refractivity contribution in [2.45, 2.75) is 12.8 Å². The maximum Gasteiger partial charge on any atom is 0.335 e. The lowest BCUT2D eigenvalue weighted by Crippen LogP contribution is -2.07. The zero-order valence-electron chi connectivity index (χ0n) is 10.9. The van der Waals surface area contributed by atoms with Crippen LogP contribution in [0.3, 0.4) is 0 Å². The first-order valence-corrected chi connectivity index (χ1v) is 5.84. The molecule has 1 fully saturated rings. The summed E-state index contributed by atoms with van der Waals surface area (Å²) < 4.78 is 4.94. The molecule has 0 amide bonds. The summed E-state index contributed by atoms with van der Waals surface area (Å²) in [6, 6.07) is 2.70. The molecule has 8 heteroatoms. The van der Waals surface area contributed by atoms with Crippen LogP contribution in [0.5, 0.6) is 0 Å². The summed E-state index contributed by atoms with van der Waals surface area (Å²) in [6.45, 7) is 2.00. The van der Waals surface area contributed by atoms with E-state index in [1.807, 2.05) is 0 Å². The van der Waals surface area contributed by atoms with Crippen molar-refractivity contribution in [3.8, 4) is 0 Å². The number of carboxylic acids is 3. The molecule has 0 radical (unpaired) electrons. The molecule has 7 nitrogen and oxygen atoms in total. The molecule has 116 valence electrons. The van der Waals surface area contributed by atoms with Gasteiger partial charge in [0.25, 0.3) is 0 Å². The molecular formula is C13H15ClO7. The van der Waals surface area contributed by atoms with Crippen molar-refractivity contribution in [3.05, 3.63) is 34.9 Å². The van der Waals surface area contributed by atoms with E-state index in [1.165, 1.54) is 12.8 Å². The molecule has 0 saturated carbocycles. The number of carboxylic acid groups (broad SMARTS) is 3. The topological polar surface area (TPSA) is 121 Å². The molecule has 0 aliphatic carbocycles. The predicted octanol–water partition coefficient (Wildman–Crippen LogP) is 2.00. The van der Waals surface area contributed by atoms with Gasteiger partial charge in [0.05, 0.1) is 16.7 Å². The SMILES string of the molecule is C1CCOC1.Cl.O=C(O)c1cc(C(=O)O)cc(C(=O)O)c1. The van der Waals surface area contributed by atoms with Crippen LogP contribution >= 0.6 is 12.4 Å². The highest BCUT2D eigenvalue weighted by Gasteiger charge is 2.14. The number of halogens is 1. The molecule has 1 aliphatic heterocycles. The van der Waals surface area contributed by atoms with E-state index in [0.29, 0.717) is 0 Å². The van der Waals surface area contributed by atoms with Crippen LogP contribution in [0.25, 0.3) is 0 Å². The number of hydrogen-bond acceptors (Lipinski definition) is 4. The Kier molecular flexibility index (Phi) is 8.03. The summed E-state index contributed by atoms with van der Waals surface area (Å²) in [6.07, 6.45) is 2.56. The molecule has 2 rings (SSSR count). The van der Waals surface area contributed by atoms with E-state index in [2.05, 4.69) is 0 Å². The number of carbonyl (C=O) groups is 3. The standard InChI is InChI=1S/C9H6O6.C4H8O.ClH/c10-7(11)4-1-5(8(12)13)3-6(2-4)9(14)15;1-2-4-5-3-1;/h1-3H,(H,10,11)(H,12,13)(H,14,15);1-4H2;1H. The highest BCUT2D eigenvalue weighted by atomic mass is 35.5. The fraction of sp³-hybridized carbons (Fsp3) is 0.308. The first kappa shape index (κ1) is 18.9. The molecule has 21 heavy (non-hydrogen) atoms. The van der Waals surface area contributed by atoms with E-state index >= 15 is 0 Å². The molecule has 0 unspecified atom stereocenters. The van der Waals surface area contributed by atoms with Crippen molar-refractivity contribution in [2.24, 2.45) is 0 Å². The highest BCUT2D eigenvalue weighted by Crippen LogP contribution is 2.11. The van der Waals surface area contributed by atoms with Crippen molar-refractivity contribution in [2.75, 3.05) is 13.2 Å². The van der Waals surface area contributed by atoms with Crippen LogP contribution in [0, 0.1) is 0 Å². The second-order valence-corrected chi connectivity index (χ2v) is 4.03. The minimum Gasteiger partial charge on any atom is -0.478 e. The maximum atomic E-state index is 10.6. The minimum atomic E-state index is -1.37. The van der Waals surface area contributed by atoms with E-state index in [1.54, 1.807) is 0 Å². The Bertz CT molecular complexity index is 437. The Labute approximate surface area is 126 Å². The largest absolute Gasteiger partial charge is 0.478 e. The van der Waals surface area contributed by atoms with E-state index in [0.717, 1.165) is 31.4 Å². The van der Waals surface area contributed by atoms with Gasteiger partial charge in [-0.15, -0.1) is 12.4 Å². The number of ether oxygens (including phenoxy) is 1. The highest BCUT2D eigenvalue weighted by molar-refractivity contribution is 5.98. The Balaban J connectivity index is 0.000000562. The fourth-order valence-corrected chi connectivity index (χ4v) is 1.51. The monoisotopic (exact) mass is 318 g/mol. The molecule has 1 heterocycles. The molecule has 1 aliphatic rings. The average Bonchev–Trinajstić information content (AvgIpc) is 2.97. The van der Waals surface area contributed by atoms with Gasteiger partial charge < -0.3 is 20.1 Å². The van der Waals surface area contributed by atoms with E-state index in [4.69, 9.17) is 20.1 Å². The zero-order chi connectivity index (χ0) is 15.1. The van der Waals surface area contributed by atoms with Crippen LogP contribution < -0.4 is 0 Å². The summed E-state index contributed by atoms with van der Waals surface area (Å²) in [5, 5.41) is 25.8. The third-order valence-corrected chi connectivity index (χ3v) is 2.50. The molecule has 1 aromatic carbocycles. The first-order chi connectivity index (χ1) is 9.41. The number of aromatic carboxylic acids is 3. The lowest BCUT2D eigenvalue weighted by atomic mass is 10.1. The maximum absolute atomic E-state index is 10.6. The van der Waals surface area contributed by atoms with Crippen LogP contribution in [0.1, 0.15) is 43.9 Å². The van der Waals surface area contributed by atoms with Gasteiger partial charge in [-0.1, -0.05) is 0 Å². The van der Waals surface area contributed by atoms with Crippen molar-refractivity contribution < 1.29 is 34.4 Å². The van der Waals surface area contributed by atoms with Gasteiger partial charge in [-0.05, 0) is 31.0 Å². The lowest BCUT2D eigenvalue weighted by molar-refractivity contribution is 0.0696. The third kappa shape index (κ3) is 6.24. The number of benzene rings is 1. The Morgan fingerprint density at radius 2 is 1.05 bits per heavy atom. The van der Waals surface area contributed by atoms with Crippen LogP contribution in [0.15, 0.2) is 18.2 Å². The quantitative estimate of drug-likeness (QED) is 0.779. The fourth-order valence-electron chi connectivity index (χ4n) is 1.51. The Hall–Kier alpha value is -2.12. The second kappa shape index (κ2) is 8.93. The Morgan fingerprint density at radius 1 is 0.762 bits per heavy atom. The van der Waals surface area contributed by atoms with E-state index in [9.17, 15) is 14.4 Å². The normalized spacial score (nSPS) is 12.6. The molecule has 1 aromatic rings. The molecule has 0 bridgehead atoms. The van der Waals surface area contributed by atoms with Gasteiger partial charge in [-0.2, -0.15) is 0 Å². The predicted molar refractivity (Wildman–Crippen MR) is 74.6 cm³/mol. The molecule has 0 spiro atoms. The van der Waals surface area contributed by atoms with Gasteiger partial charge in [0.2, 0.25) is 0 Å². The van der Waals surface area contributed by atoms with Crippen LogP contribution in [0.2, 0.25) is 0 Å². The van der Waals surface area contributed by atoms with Gasteiger partial charge in [0.15, 0.2) is 0 Å². The minimum absolute atomic E-state index is 0. The molecule has 1 saturated heterocycles. The summed E-state index contributed by atoms with van der Waals surface area (Å²) in [5.41, 5.74) is -1.10.